The van der Waals surface area contributed by atoms with Crippen molar-refractivity contribution in [2.45, 2.75) is 5.82 Å². The second-order valence-electron chi connectivity index (χ2n) is 4.80. The van der Waals surface area contributed by atoms with Crippen LogP contribution in [0.15, 0.2) is 91.0 Å². The molecule has 0 fully saturated rings. The van der Waals surface area contributed by atoms with Gasteiger partial charge in [0.1, 0.15) is 0 Å². The van der Waals surface area contributed by atoms with E-state index < -0.39 is 5.95 Å². The maximum absolute atomic E-state index is 2.38. The van der Waals surface area contributed by atoms with E-state index in [1.807, 2.05) is 0 Å². The molecule has 0 nitrogen and oxygen atoms in total. The average Bonchev–Trinajstić information content (AvgIpc) is 2.59. The van der Waals surface area contributed by atoms with E-state index in [1.165, 1.54) is 15.9 Å². The number of hydrogen-bond acceptors (Lipinski definition) is 0. The van der Waals surface area contributed by atoms with Crippen molar-refractivity contribution in [1.29, 1.82) is 0 Å². The summed E-state index contributed by atoms with van der Waals surface area (Å²) < 4.78 is 0. The minimum absolute atomic E-state index is 0.511. The zero-order valence-corrected chi connectivity index (χ0v) is 14.6. The van der Waals surface area contributed by atoms with E-state index in [2.05, 4.69) is 96.8 Å². The molecule has 0 aliphatic carbocycles. The molecule has 21 heavy (non-hydrogen) atoms. The van der Waals surface area contributed by atoms with Crippen LogP contribution in [-0.2, 0) is 0 Å². The van der Waals surface area contributed by atoms with Crippen molar-refractivity contribution in [3.05, 3.63) is 91.0 Å². The molecule has 0 amide bonds. The molecule has 0 aromatic heterocycles. The van der Waals surface area contributed by atoms with Crippen LogP contribution in [0.4, 0.5) is 0 Å². The fourth-order valence-corrected chi connectivity index (χ4v) is 12.3. The Hall–Kier alpha value is -1.39. The van der Waals surface area contributed by atoms with Crippen LogP contribution >= 0.6 is 5.95 Å². The van der Waals surface area contributed by atoms with Crippen molar-refractivity contribution in [3.8, 4) is 0 Å². The van der Waals surface area contributed by atoms with Crippen LogP contribution in [0.5, 0.6) is 0 Å². The van der Waals surface area contributed by atoms with Crippen molar-refractivity contribution in [2.75, 3.05) is 0 Å². The fraction of sp³-hybridized carbons (Fsp3) is 0.0526. The number of benzene rings is 3. The van der Waals surface area contributed by atoms with Crippen molar-refractivity contribution in [3.63, 3.8) is 0 Å². The van der Waals surface area contributed by atoms with E-state index in [9.17, 15) is 0 Å². The summed E-state index contributed by atoms with van der Waals surface area (Å²) in [6, 6.07) is 33.2. The first-order chi connectivity index (χ1) is 10.4. The van der Waals surface area contributed by atoms with Gasteiger partial charge in [0.25, 0.3) is 0 Å². The molecular weight excluding hydrogens is 338 g/mol. The average molecular weight is 356 g/mol. The molecule has 0 saturated carbocycles. The molecule has 0 heterocycles. The van der Waals surface area contributed by atoms with E-state index in [0.29, 0.717) is 14.5 Å². The van der Waals surface area contributed by atoms with Gasteiger partial charge < -0.3 is 0 Å². The van der Waals surface area contributed by atoms with Crippen molar-refractivity contribution < 1.29 is 0 Å². The van der Waals surface area contributed by atoms with Gasteiger partial charge in [-0.05, 0) is 0 Å². The van der Waals surface area contributed by atoms with Crippen LogP contribution in [-0.4, -0.2) is 14.5 Å². The molecule has 0 aliphatic rings. The standard InChI is InChI=1S/C19H18PSe/c1-21-20(17-11-5-2-6-12-17,18-13-7-3-8-14-18)19-15-9-4-10-16-19/h2-16H,1H3/q+1. The first-order valence-corrected chi connectivity index (χ1v) is 12.7. The van der Waals surface area contributed by atoms with Crippen LogP contribution in [0, 0.1) is 0 Å². The molecule has 2 heteroatoms. The zero-order valence-electron chi connectivity index (χ0n) is 12.0. The summed E-state index contributed by atoms with van der Waals surface area (Å²) in [7, 11) is 0. The van der Waals surface area contributed by atoms with Gasteiger partial charge in [0.2, 0.25) is 0 Å². The van der Waals surface area contributed by atoms with Crippen LogP contribution in [0.25, 0.3) is 0 Å². The van der Waals surface area contributed by atoms with Crippen LogP contribution < -0.4 is 15.9 Å². The Labute approximate surface area is 133 Å². The summed E-state index contributed by atoms with van der Waals surface area (Å²) in [5, 5.41) is 4.47. The van der Waals surface area contributed by atoms with Crippen LogP contribution in [0.1, 0.15) is 0 Å². The monoisotopic (exact) mass is 357 g/mol. The van der Waals surface area contributed by atoms with Gasteiger partial charge in [0.15, 0.2) is 0 Å². The predicted molar refractivity (Wildman–Crippen MR) is 96.8 cm³/mol. The second kappa shape index (κ2) is 6.58. The van der Waals surface area contributed by atoms with E-state index >= 15 is 0 Å². The topological polar surface area (TPSA) is 0 Å². The number of hydrogen-bond donors (Lipinski definition) is 0. The summed E-state index contributed by atoms with van der Waals surface area (Å²) in [5.41, 5.74) is 0. The third-order valence-corrected chi connectivity index (χ3v) is 14.7. The molecule has 0 atom stereocenters. The molecule has 0 aliphatic heterocycles. The Morgan fingerprint density at radius 3 is 1.05 bits per heavy atom. The minimum atomic E-state index is -1.47. The molecule has 0 N–H and O–H groups in total. The molecule has 3 aromatic rings. The summed E-state index contributed by atoms with van der Waals surface area (Å²) in [5.74, 6) is 0.911. The Kier molecular flexibility index (Phi) is 4.56. The van der Waals surface area contributed by atoms with Gasteiger partial charge in [-0.15, -0.1) is 0 Å². The SMILES string of the molecule is C[Se][P+](c1ccccc1)(c1ccccc1)c1ccccc1. The van der Waals surface area contributed by atoms with Crippen molar-refractivity contribution in [2.24, 2.45) is 0 Å². The van der Waals surface area contributed by atoms with Crippen molar-refractivity contribution >= 4 is 36.4 Å². The molecule has 3 aromatic carbocycles. The Balaban J connectivity index is 2.29. The molecule has 3 rings (SSSR count). The summed E-state index contributed by atoms with van der Waals surface area (Å²) in [6.07, 6.45) is 0. The Morgan fingerprint density at radius 1 is 0.524 bits per heavy atom. The Bertz CT molecular complexity index is 584. The normalized spacial score (nSPS) is 11.3. The Morgan fingerprint density at radius 2 is 0.810 bits per heavy atom. The number of rotatable bonds is 4. The summed E-state index contributed by atoms with van der Waals surface area (Å²) in [6.45, 7) is 0. The first kappa shape index (κ1) is 14.5. The van der Waals surface area contributed by atoms with Crippen LogP contribution in [0.2, 0.25) is 5.82 Å². The third kappa shape index (κ3) is 2.70. The summed E-state index contributed by atoms with van der Waals surface area (Å²) in [4.78, 5) is 0. The predicted octanol–water partition coefficient (Wildman–Crippen LogP) is 3.65. The molecule has 104 valence electrons. The van der Waals surface area contributed by atoms with Gasteiger partial charge >= 0.3 is 133 Å². The van der Waals surface area contributed by atoms with Crippen molar-refractivity contribution in [1.82, 2.24) is 0 Å². The maximum atomic E-state index is 2.38. The molecular formula is C19H18PSe+. The van der Waals surface area contributed by atoms with E-state index in [0.717, 1.165) is 0 Å². The van der Waals surface area contributed by atoms with Gasteiger partial charge in [-0.1, -0.05) is 0 Å². The molecule has 0 spiro atoms. The van der Waals surface area contributed by atoms with Gasteiger partial charge in [0.05, 0.1) is 0 Å². The van der Waals surface area contributed by atoms with E-state index in [1.54, 1.807) is 0 Å². The van der Waals surface area contributed by atoms with Crippen LogP contribution in [0.3, 0.4) is 0 Å². The quantitative estimate of drug-likeness (QED) is 0.495. The first-order valence-electron chi connectivity index (χ1n) is 6.99. The second-order valence-corrected chi connectivity index (χ2v) is 13.7. The van der Waals surface area contributed by atoms with Gasteiger partial charge in [-0.25, -0.2) is 0 Å². The summed E-state index contributed by atoms with van der Waals surface area (Å²) >= 11 is 0.511. The van der Waals surface area contributed by atoms with E-state index in [-0.39, 0.29) is 0 Å². The third-order valence-electron chi connectivity index (χ3n) is 3.63. The molecule has 0 radical (unpaired) electrons. The van der Waals surface area contributed by atoms with Gasteiger partial charge in [-0.2, -0.15) is 0 Å². The van der Waals surface area contributed by atoms with E-state index in [4.69, 9.17) is 0 Å². The molecule has 0 saturated heterocycles. The van der Waals surface area contributed by atoms with Gasteiger partial charge in [-0.3, -0.25) is 0 Å². The molecule has 0 bridgehead atoms. The zero-order chi connectivity index (χ0) is 14.5. The molecule has 0 unspecified atom stereocenters. The van der Waals surface area contributed by atoms with Gasteiger partial charge in [0, 0.05) is 0 Å². The fourth-order valence-electron chi connectivity index (χ4n) is 2.68.